The molecule has 0 aromatic heterocycles. The molecule has 0 saturated carbocycles. The Kier molecular flexibility index (Phi) is 6.26. The molecule has 2 aromatic rings. The summed E-state index contributed by atoms with van der Waals surface area (Å²) in [5.41, 5.74) is 2.35. The Morgan fingerprint density at radius 2 is 1.69 bits per heavy atom. The second kappa shape index (κ2) is 8.68. The van der Waals surface area contributed by atoms with E-state index in [0.29, 0.717) is 12.1 Å². The minimum absolute atomic E-state index is 0.0314. The Morgan fingerprint density at radius 3 is 2.34 bits per heavy atom. The highest BCUT2D eigenvalue weighted by atomic mass is 16.6. The number of hydrogen-bond acceptors (Lipinski definition) is 3. The molecule has 29 heavy (non-hydrogen) atoms. The second-order valence-corrected chi connectivity index (χ2v) is 8.51. The molecule has 154 valence electrons. The van der Waals surface area contributed by atoms with Gasteiger partial charge in [0.25, 0.3) is 0 Å². The summed E-state index contributed by atoms with van der Waals surface area (Å²) in [6, 6.07) is 14.8. The molecule has 0 aliphatic carbocycles. The fourth-order valence-electron chi connectivity index (χ4n) is 3.80. The van der Waals surface area contributed by atoms with Crippen molar-refractivity contribution in [1.82, 2.24) is 4.90 Å². The summed E-state index contributed by atoms with van der Waals surface area (Å²) in [6.07, 6.45) is 3.75. The Bertz CT molecular complexity index is 867. The molecule has 1 fully saturated rings. The molecule has 0 spiro atoms. The summed E-state index contributed by atoms with van der Waals surface area (Å²) in [5.74, 6) is -0.940. The van der Waals surface area contributed by atoms with Crippen molar-refractivity contribution in [1.29, 1.82) is 0 Å². The second-order valence-electron chi connectivity index (χ2n) is 8.51. The van der Waals surface area contributed by atoms with Crippen LogP contribution in [0.3, 0.4) is 0 Å². The zero-order chi connectivity index (χ0) is 21.0. The minimum atomic E-state index is -0.940. The highest BCUT2D eigenvalue weighted by Gasteiger charge is 2.30. The van der Waals surface area contributed by atoms with Gasteiger partial charge in [0.15, 0.2) is 0 Å². The van der Waals surface area contributed by atoms with E-state index in [4.69, 9.17) is 4.74 Å². The maximum atomic E-state index is 12.8. The van der Waals surface area contributed by atoms with E-state index in [1.807, 2.05) is 62.1 Å². The predicted octanol–water partition coefficient (Wildman–Crippen LogP) is 5.90. The first kappa shape index (κ1) is 20.9. The van der Waals surface area contributed by atoms with Crippen LogP contribution >= 0.6 is 0 Å². The Balaban J connectivity index is 1.88. The number of carbonyl (C=O) groups excluding carboxylic acids is 1. The van der Waals surface area contributed by atoms with Gasteiger partial charge in [0.05, 0.1) is 11.6 Å². The number of ether oxygens (including phenoxy) is 1. The van der Waals surface area contributed by atoms with Crippen molar-refractivity contribution in [2.75, 3.05) is 6.54 Å². The fraction of sp³-hybridized carbons (Fsp3) is 0.417. The van der Waals surface area contributed by atoms with Crippen LogP contribution in [0, 0.1) is 0 Å². The molecule has 1 aliphatic rings. The zero-order valence-electron chi connectivity index (χ0n) is 17.4. The third kappa shape index (κ3) is 5.17. The van der Waals surface area contributed by atoms with E-state index >= 15 is 0 Å². The van der Waals surface area contributed by atoms with Gasteiger partial charge in [-0.15, -0.1) is 0 Å². The van der Waals surface area contributed by atoms with Gasteiger partial charge < -0.3 is 14.7 Å². The largest absolute Gasteiger partial charge is 0.478 e. The van der Waals surface area contributed by atoms with Crippen molar-refractivity contribution in [3.63, 3.8) is 0 Å². The van der Waals surface area contributed by atoms with Crippen LogP contribution in [-0.4, -0.2) is 34.2 Å². The summed E-state index contributed by atoms with van der Waals surface area (Å²) in [6.45, 7) is 6.33. The number of hydrogen-bond donors (Lipinski definition) is 1. The van der Waals surface area contributed by atoms with Crippen LogP contribution in [0.2, 0.25) is 0 Å². The predicted molar refractivity (Wildman–Crippen MR) is 113 cm³/mol. The quantitative estimate of drug-likeness (QED) is 0.702. The van der Waals surface area contributed by atoms with Gasteiger partial charge in [-0.25, -0.2) is 9.59 Å². The van der Waals surface area contributed by atoms with Crippen molar-refractivity contribution >= 4 is 12.1 Å². The number of amides is 1. The maximum absolute atomic E-state index is 12.8. The first-order chi connectivity index (χ1) is 13.8. The number of benzene rings is 2. The van der Waals surface area contributed by atoms with Gasteiger partial charge in [-0.2, -0.15) is 0 Å². The third-order valence-electron chi connectivity index (χ3n) is 5.14. The molecule has 1 unspecified atom stereocenters. The maximum Gasteiger partial charge on any atom is 0.410 e. The lowest BCUT2D eigenvalue weighted by Gasteiger charge is -2.32. The van der Waals surface area contributed by atoms with Crippen molar-refractivity contribution in [2.24, 2.45) is 0 Å². The number of carboxylic acid groups (broad SMARTS) is 1. The van der Waals surface area contributed by atoms with Crippen LogP contribution in [0.15, 0.2) is 48.5 Å². The number of carbonyl (C=O) groups is 2. The lowest BCUT2D eigenvalue weighted by molar-refractivity contribution is 0.0163. The van der Waals surface area contributed by atoms with E-state index in [1.54, 1.807) is 12.1 Å². The standard InChI is InChI=1S/C24H29NO4/c1-24(2,3)29-23(28)25-16-8-4-5-11-21(25)18-14-12-17(13-15-18)19-9-6-7-10-20(19)22(26)27/h6-7,9-10,12-15,21H,4-5,8,11,16H2,1-3H3,(H,26,27). The molecule has 1 saturated heterocycles. The van der Waals surface area contributed by atoms with E-state index < -0.39 is 11.6 Å². The zero-order valence-corrected chi connectivity index (χ0v) is 17.4. The van der Waals surface area contributed by atoms with Crippen molar-refractivity contribution in [2.45, 2.75) is 58.1 Å². The number of carboxylic acids is 1. The van der Waals surface area contributed by atoms with Crippen LogP contribution in [0.1, 0.15) is 68.4 Å². The minimum Gasteiger partial charge on any atom is -0.478 e. The summed E-state index contributed by atoms with van der Waals surface area (Å²) in [5, 5.41) is 9.45. The van der Waals surface area contributed by atoms with E-state index in [1.165, 1.54) is 0 Å². The smallest absolute Gasteiger partial charge is 0.410 e. The highest BCUT2D eigenvalue weighted by Crippen LogP contribution is 2.33. The van der Waals surface area contributed by atoms with Crippen LogP contribution in [0.25, 0.3) is 11.1 Å². The van der Waals surface area contributed by atoms with Gasteiger partial charge in [0.1, 0.15) is 5.60 Å². The van der Waals surface area contributed by atoms with Gasteiger partial charge in [0.2, 0.25) is 0 Å². The molecule has 0 bridgehead atoms. The Morgan fingerprint density at radius 1 is 1.00 bits per heavy atom. The average Bonchev–Trinajstić information content (AvgIpc) is 2.93. The summed E-state index contributed by atoms with van der Waals surface area (Å²) < 4.78 is 5.64. The Hall–Kier alpha value is -2.82. The van der Waals surface area contributed by atoms with Gasteiger partial charge in [-0.3, -0.25) is 0 Å². The lowest BCUT2D eigenvalue weighted by Crippen LogP contribution is -2.39. The monoisotopic (exact) mass is 395 g/mol. The number of nitrogens with zero attached hydrogens (tertiary/aromatic N) is 1. The first-order valence-corrected chi connectivity index (χ1v) is 10.2. The van der Waals surface area contributed by atoms with Crippen LogP contribution in [0.5, 0.6) is 0 Å². The van der Waals surface area contributed by atoms with Crippen molar-refractivity contribution < 1.29 is 19.4 Å². The van der Waals surface area contributed by atoms with Crippen molar-refractivity contribution in [3.05, 3.63) is 59.7 Å². The van der Waals surface area contributed by atoms with E-state index in [-0.39, 0.29) is 17.7 Å². The molecule has 1 heterocycles. The summed E-state index contributed by atoms with van der Waals surface area (Å²) in [4.78, 5) is 26.2. The highest BCUT2D eigenvalue weighted by molar-refractivity contribution is 5.96. The molecule has 0 radical (unpaired) electrons. The molecular formula is C24H29NO4. The number of likely N-dealkylation sites (tertiary alicyclic amines) is 1. The van der Waals surface area contributed by atoms with Crippen molar-refractivity contribution in [3.8, 4) is 11.1 Å². The molecule has 5 heteroatoms. The molecule has 3 rings (SSSR count). The SMILES string of the molecule is CC(C)(C)OC(=O)N1CCCCCC1c1ccc(-c2ccccc2C(=O)O)cc1. The van der Waals surface area contributed by atoms with Gasteiger partial charge >= 0.3 is 12.1 Å². The summed E-state index contributed by atoms with van der Waals surface area (Å²) in [7, 11) is 0. The molecule has 5 nitrogen and oxygen atoms in total. The van der Waals surface area contributed by atoms with Crippen LogP contribution in [-0.2, 0) is 4.74 Å². The van der Waals surface area contributed by atoms with Crippen LogP contribution in [0.4, 0.5) is 4.79 Å². The first-order valence-electron chi connectivity index (χ1n) is 10.2. The summed E-state index contributed by atoms with van der Waals surface area (Å²) >= 11 is 0. The topological polar surface area (TPSA) is 66.8 Å². The fourth-order valence-corrected chi connectivity index (χ4v) is 3.80. The van der Waals surface area contributed by atoms with E-state index in [0.717, 1.165) is 36.8 Å². The average molecular weight is 395 g/mol. The van der Waals surface area contributed by atoms with Gasteiger partial charge in [-0.1, -0.05) is 55.3 Å². The Labute approximate surface area is 172 Å². The van der Waals surface area contributed by atoms with Crippen LogP contribution < -0.4 is 0 Å². The molecule has 2 aromatic carbocycles. The number of rotatable bonds is 3. The molecule has 1 aliphatic heterocycles. The molecule has 1 amide bonds. The number of aromatic carboxylic acids is 1. The van der Waals surface area contributed by atoms with Gasteiger partial charge in [-0.05, 0) is 56.4 Å². The third-order valence-corrected chi connectivity index (χ3v) is 5.14. The lowest BCUT2D eigenvalue weighted by atomic mass is 9.95. The van der Waals surface area contributed by atoms with E-state index in [2.05, 4.69) is 0 Å². The molecule has 1 N–H and O–H groups in total. The molecule has 1 atom stereocenters. The molecular weight excluding hydrogens is 366 g/mol. The van der Waals surface area contributed by atoms with Gasteiger partial charge in [0, 0.05) is 6.54 Å². The van der Waals surface area contributed by atoms with E-state index in [9.17, 15) is 14.7 Å². The normalized spacial score (nSPS) is 17.5.